The van der Waals surface area contributed by atoms with Gasteiger partial charge in [-0.05, 0) is 48.7 Å². The van der Waals surface area contributed by atoms with Crippen LogP contribution < -0.4 is 14.2 Å². The molecule has 2 aliphatic rings. The van der Waals surface area contributed by atoms with E-state index in [0.717, 1.165) is 6.42 Å². The second-order valence-electron chi connectivity index (χ2n) is 8.92. The van der Waals surface area contributed by atoms with E-state index >= 15 is 0 Å². The van der Waals surface area contributed by atoms with E-state index in [0.29, 0.717) is 67.7 Å². The number of amides is 1. The minimum Gasteiger partial charge on any atom is -0.507 e. The molecule has 3 aromatic rings. The minimum atomic E-state index is -0.740. The van der Waals surface area contributed by atoms with Crippen LogP contribution in [0, 0.1) is 0 Å². The molecule has 0 spiro atoms. The lowest BCUT2D eigenvalue weighted by atomic mass is 9.95. The molecule has 9 heteroatoms. The molecule has 1 fully saturated rings. The number of aliphatic hydroxyl groups is 1. The number of aromatic nitrogens is 2. The molecule has 9 nitrogen and oxygen atoms in total. The smallest absolute Gasteiger partial charge is 0.295 e. The summed E-state index contributed by atoms with van der Waals surface area (Å²) in [4.78, 5) is 32.1. The monoisotopic (exact) mass is 503 g/mol. The molecule has 1 saturated heterocycles. The van der Waals surface area contributed by atoms with Gasteiger partial charge >= 0.3 is 0 Å². The summed E-state index contributed by atoms with van der Waals surface area (Å²) in [6.07, 6.45) is 6.75. The third kappa shape index (κ3) is 5.02. The Morgan fingerprint density at radius 3 is 2.59 bits per heavy atom. The lowest BCUT2D eigenvalue weighted by molar-refractivity contribution is -0.139. The quantitative estimate of drug-likeness (QED) is 0.268. The highest BCUT2D eigenvalue weighted by Gasteiger charge is 2.45. The number of aryl methyl sites for hydroxylation is 1. The molecule has 0 unspecified atom stereocenters. The van der Waals surface area contributed by atoms with Crippen LogP contribution in [0.2, 0.25) is 0 Å². The van der Waals surface area contributed by atoms with Crippen LogP contribution in [-0.4, -0.2) is 57.6 Å². The van der Waals surface area contributed by atoms with Gasteiger partial charge in [0.05, 0.1) is 24.5 Å². The van der Waals surface area contributed by atoms with Crippen molar-refractivity contribution < 1.29 is 28.9 Å². The first kappa shape index (κ1) is 24.4. The Morgan fingerprint density at radius 1 is 1.08 bits per heavy atom. The number of ether oxygens (including phenoxy) is 3. The number of hydrogen-bond donors (Lipinski definition) is 1. The van der Waals surface area contributed by atoms with Gasteiger partial charge in [0.25, 0.3) is 11.7 Å². The lowest BCUT2D eigenvalue weighted by Crippen LogP contribution is -2.31. The van der Waals surface area contributed by atoms with Gasteiger partial charge in [-0.3, -0.25) is 9.59 Å². The van der Waals surface area contributed by atoms with Gasteiger partial charge in [0.15, 0.2) is 11.5 Å². The highest BCUT2D eigenvalue weighted by atomic mass is 16.6. The molecule has 0 aliphatic carbocycles. The van der Waals surface area contributed by atoms with Gasteiger partial charge in [-0.2, -0.15) is 0 Å². The first-order valence-electron chi connectivity index (χ1n) is 12.4. The molecule has 0 radical (unpaired) electrons. The molecular formula is C28H29N3O6. The van der Waals surface area contributed by atoms with Gasteiger partial charge in [0.2, 0.25) is 0 Å². The van der Waals surface area contributed by atoms with Gasteiger partial charge in [0, 0.05) is 31.0 Å². The fourth-order valence-electron chi connectivity index (χ4n) is 4.61. The highest BCUT2D eigenvalue weighted by molar-refractivity contribution is 6.46. The number of imidazole rings is 1. The van der Waals surface area contributed by atoms with Crippen LogP contribution in [0.1, 0.15) is 36.9 Å². The second-order valence-corrected chi connectivity index (χ2v) is 8.92. The number of likely N-dealkylation sites (tertiary alicyclic amines) is 1. The van der Waals surface area contributed by atoms with E-state index in [2.05, 4.69) is 4.98 Å². The summed E-state index contributed by atoms with van der Waals surface area (Å²) in [6.45, 7) is 4.44. The van der Waals surface area contributed by atoms with Crippen molar-refractivity contribution in [2.24, 2.45) is 0 Å². The minimum absolute atomic E-state index is 0.0477. The van der Waals surface area contributed by atoms with Crippen molar-refractivity contribution in [3.8, 4) is 17.2 Å². The SMILES string of the molecule is CCCOc1ccc([C@H]2C(=C(O)c3ccc4c(c3)OCCO4)C(=O)C(=O)N2CCCn2ccnc2)cc1. The molecule has 0 saturated carbocycles. The number of rotatable bonds is 9. The molecule has 2 aliphatic heterocycles. The Bertz CT molecular complexity index is 1300. The Morgan fingerprint density at radius 2 is 1.86 bits per heavy atom. The summed E-state index contributed by atoms with van der Waals surface area (Å²) in [5.74, 6) is 0.159. The maximum atomic E-state index is 13.3. The number of nitrogens with zero attached hydrogens (tertiary/aromatic N) is 3. The Balaban J connectivity index is 1.50. The summed E-state index contributed by atoms with van der Waals surface area (Å²) < 4.78 is 18.8. The largest absolute Gasteiger partial charge is 0.507 e. The molecular weight excluding hydrogens is 474 g/mol. The predicted octanol–water partition coefficient (Wildman–Crippen LogP) is 3.96. The Kier molecular flexibility index (Phi) is 7.11. The number of aliphatic hydroxyl groups excluding tert-OH is 1. The van der Waals surface area contributed by atoms with Crippen molar-refractivity contribution in [2.75, 3.05) is 26.4 Å². The van der Waals surface area contributed by atoms with Gasteiger partial charge in [-0.25, -0.2) is 4.98 Å². The fraction of sp³-hybridized carbons (Fsp3) is 0.321. The van der Waals surface area contributed by atoms with Crippen LogP contribution in [0.4, 0.5) is 0 Å². The summed E-state index contributed by atoms with van der Waals surface area (Å²) >= 11 is 0. The average molecular weight is 504 g/mol. The molecule has 2 aromatic carbocycles. The molecule has 1 amide bonds. The number of carbonyl (C=O) groups is 2. The van der Waals surface area contributed by atoms with Crippen molar-refractivity contribution in [2.45, 2.75) is 32.4 Å². The molecule has 5 rings (SSSR count). The van der Waals surface area contributed by atoms with Crippen LogP contribution in [0.25, 0.3) is 5.76 Å². The molecule has 3 heterocycles. The van der Waals surface area contributed by atoms with Gasteiger partial charge in [-0.1, -0.05) is 19.1 Å². The zero-order chi connectivity index (χ0) is 25.8. The Hall–Kier alpha value is -4.27. The van der Waals surface area contributed by atoms with Gasteiger partial charge < -0.3 is 28.8 Å². The first-order valence-corrected chi connectivity index (χ1v) is 12.4. The molecule has 1 atom stereocenters. The fourth-order valence-corrected chi connectivity index (χ4v) is 4.61. The molecule has 1 aromatic heterocycles. The van der Waals surface area contributed by atoms with E-state index in [-0.39, 0.29) is 11.3 Å². The lowest BCUT2D eigenvalue weighted by Gasteiger charge is -2.26. The van der Waals surface area contributed by atoms with E-state index in [1.165, 1.54) is 4.90 Å². The summed E-state index contributed by atoms with van der Waals surface area (Å²) in [5, 5.41) is 11.4. The van der Waals surface area contributed by atoms with Crippen molar-refractivity contribution in [3.05, 3.63) is 77.9 Å². The molecule has 0 bridgehead atoms. The number of ketones is 1. The van der Waals surface area contributed by atoms with Crippen LogP contribution in [0.5, 0.6) is 17.2 Å². The zero-order valence-electron chi connectivity index (χ0n) is 20.6. The van der Waals surface area contributed by atoms with E-state index in [1.54, 1.807) is 30.7 Å². The van der Waals surface area contributed by atoms with Crippen LogP contribution in [-0.2, 0) is 16.1 Å². The molecule has 37 heavy (non-hydrogen) atoms. The Labute approximate surface area is 214 Å². The summed E-state index contributed by atoms with van der Waals surface area (Å²) in [7, 11) is 0. The van der Waals surface area contributed by atoms with E-state index in [4.69, 9.17) is 14.2 Å². The number of carbonyl (C=O) groups excluding carboxylic acids is 2. The maximum Gasteiger partial charge on any atom is 0.295 e. The molecule has 192 valence electrons. The summed E-state index contributed by atoms with van der Waals surface area (Å²) in [5.41, 5.74) is 1.14. The number of Topliss-reactive ketones (excluding diaryl/α,β-unsaturated/α-hetero) is 1. The van der Waals surface area contributed by atoms with Crippen molar-refractivity contribution in [1.29, 1.82) is 0 Å². The highest BCUT2D eigenvalue weighted by Crippen LogP contribution is 2.41. The van der Waals surface area contributed by atoms with Crippen molar-refractivity contribution in [1.82, 2.24) is 14.5 Å². The van der Waals surface area contributed by atoms with Crippen LogP contribution in [0.3, 0.4) is 0 Å². The van der Waals surface area contributed by atoms with E-state index in [9.17, 15) is 14.7 Å². The third-order valence-corrected chi connectivity index (χ3v) is 6.40. The van der Waals surface area contributed by atoms with Crippen LogP contribution in [0.15, 0.2) is 66.8 Å². The van der Waals surface area contributed by atoms with Crippen molar-refractivity contribution in [3.63, 3.8) is 0 Å². The first-order chi connectivity index (χ1) is 18.1. The maximum absolute atomic E-state index is 13.3. The normalized spacial score (nSPS) is 18.3. The van der Waals surface area contributed by atoms with Gasteiger partial charge in [0.1, 0.15) is 24.7 Å². The second kappa shape index (κ2) is 10.8. The number of hydrogen-bond acceptors (Lipinski definition) is 7. The number of fused-ring (bicyclic) bond motifs is 1. The average Bonchev–Trinajstić information content (AvgIpc) is 3.54. The third-order valence-electron chi connectivity index (χ3n) is 6.40. The van der Waals surface area contributed by atoms with Crippen LogP contribution >= 0.6 is 0 Å². The standard InChI is InChI=1S/C28H29N3O6/c1-2-14-35-21-7-4-19(5-8-21)25-24(26(32)20-6-9-22-23(17-20)37-16-15-36-22)27(33)28(34)31(25)12-3-11-30-13-10-29-18-30/h4-10,13,17-18,25,32H,2-3,11-12,14-16H2,1H3/t25-/m0/s1. The van der Waals surface area contributed by atoms with E-state index in [1.807, 2.05) is 42.0 Å². The molecule has 1 N–H and O–H groups in total. The van der Waals surface area contributed by atoms with E-state index < -0.39 is 17.7 Å². The van der Waals surface area contributed by atoms with Crippen molar-refractivity contribution >= 4 is 17.4 Å². The van der Waals surface area contributed by atoms with Gasteiger partial charge in [-0.15, -0.1) is 0 Å². The topological polar surface area (TPSA) is 103 Å². The number of benzene rings is 2. The predicted molar refractivity (Wildman–Crippen MR) is 136 cm³/mol. The zero-order valence-corrected chi connectivity index (χ0v) is 20.6. The summed E-state index contributed by atoms with van der Waals surface area (Å²) in [6, 6.07) is 11.6.